The van der Waals surface area contributed by atoms with Gasteiger partial charge >= 0.3 is 6.36 Å². The van der Waals surface area contributed by atoms with Crippen LogP contribution in [-0.4, -0.2) is 50.2 Å². The molecule has 0 radical (unpaired) electrons. The van der Waals surface area contributed by atoms with E-state index in [1.807, 2.05) is 0 Å². The zero-order valence-electron chi connectivity index (χ0n) is 16.5. The van der Waals surface area contributed by atoms with E-state index in [0.717, 1.165) is 6.07 Å². The average molecular weight is 444 g/mol. The molecule has 5 rings (SSSR count). The van der Waals surface area contributed by atoms with Gasteiger partial charge in [-0.25, -0.2) is 15.0 Å². The van der Waals surface area contributed by atoms with E-state index >= 15 is 0 Å². The number of hydrogen-bond acceptors (Lipinski definition) is 7. The molecule has 4 aromatic rings. The number of benzene rings is 1. The first kappa shape index (κ1) is 19.8. The number of likely N-dealkylation sites (N-methyl/N-ethyl adjacent to an activating group) is 1. The minimum atomic E-state index is -4.80. The summed E-state index contributed by atoms with van der Waals surface area (Å²) in [6.07, 6.45) is -0.221. The Morgan fingerprint density at radius 1 is 1.28 bits per heavy atom. The molecule has 32 heavy (non-hydrogen) atoms. The Bertz CT molecular complexity index is 1370. The SMILES string of the molecule is CN(C(=O)c1cc2c(cn1)nc(N)c1cncn12)C1COc2cc(OC(F)(F)F)ccc21. The normalized spacial score (nSPS) is 15.6. The lowest BCUT2D eigenvalue weighted by molar-refractivity contribution is -0.274. The number of amides is 1. The number of ether oxygens (including phenoxy) is 2. The van der Waals surface area contributed by atoms with Crippen LogP contribution in [0.15, 0.2) is 43.0 Å². The van der Waals surface area contributed by atoms with Gasteiger partial charge in [-0.2, -0.15) is 0 Å². The van der Waals surface area contributed by atoms with Crippen LogP contribution in [0.3, 0.4) is 0 Å². The van der Waals surface area contributed by atoms with Gasteiger partial charge in [0.25, 0.3) is 5.91 Å². The lowest BCUT2D eigenvalue weighted by atomic mass is 10.1. The van der Waals surface area contributed by atoms with Crippen molar-refractivity contribution in [1.82, 2.24) is 24.3 Å². The largest absolute Gasteiger partial charge is 0.573 e. The summed E-state index contributed by atoms with van der Waals surface area (Å²) < 4.78 is 48.5. The molecule has 0 saturated heterocycles. The summed E-state index contributed by atoms with van der Waals surface area (Å²) in [4.78, 5) is 27.1. The molecular weight excluding hydrogens is 429 g/mol. The van der Waals surface area contributed by atoms with E-state index in [-0.39, 0.29) is 18.1 Å². The number of nitrogens with two attached hydrogens (primary N) is 1. The van der Waals surface area contributed by atoms with Gasteiger partial charge in [0.1, 0.15) is 40.7 Å². The summed E-state index contributed by atoms with van der Waals surface area (Å²) in [5, 5.41) is 0. The van der Waals surface area contributed by atoms with Crippen molar-refractivity contribution < 1.29 is 27.4 Å². The van der Waals surface area contributed by atoms with E-state index in [4.69, 9.17) is 10.5 Å². The molecule has 1 amide bonds. The van der Waals surface area contributed by atoms with Crippen LogP contribution in [0.1, 0.15) is 22.1 Å². The molecule has 0 fully saturated rings. The lowest BCUT2D eigenvalue weighted by Gasteiger charge is -2.23. The molecule has 1 aliphatic rings. The number of nitrogen functional groups attached to an aromatic ring is 1. The van der Waals surface area contributed by atoms with Gasteiger partial charge in [-0.1, -0.05) is 0 Å². The molecule has 9 nitrogen and oxygen atoms in total. The number of aromatic nitrogens is 4. The van der Waals surface area contributed by atoms with Gasteiger partial charge < -0.3 is 20.1 Å². The number of fused-ring (bicyclic) bond motifs is 4. The monoisotopic (exact) mass is 444 g/mol. The third kappa shape index (κ3) is 3.29. The van der Waals surface area contributed by atoms with Crippen molar-refractivity contribution in [2.45, 2.75) is 12.4 Å². The molecule has 1 atom stereocenters. The smallest absolute Gasteiger partial charge is 0.491 e. The Labute approximate surface area is 178 Å². The second kappa shape index (κ2) is 6.97. The van der Waals surface area contributed by atoms with Crippen LogP contribution in [0, 0.1) is 0 Å². The Hall–Kier alpha value is -4.09. The molecule has 0 spiro atoms. The van der Waals surface area contributed by atoms with Gasteiger partial charge in [0, 0.05) is 18.7 Å². The summed E-state index contributed by atoms with van der Waals surface area (Å²) in [5.74, 6) is -0.267. The molecule has 12 heteroatoms. The highest BCUT2D eigenvalue weighted by Crippen LogP contribution is 2.39. The van der Waals surface area contributed by atoms with Gasteiger partial charge in [0.05, 0.1) is 30.3 Å². The molecule has 1 aromatic carbocycles. The molecular formula is C20H15F3N6O3. The molecule has 0 saturated carbocycles. The standard InChI is InChI=1S/C20H15F3N6O3/c1-28(16-8-31-17-4-10(2-3-11(16)17)32-20(21,22)23)19(30)12-5-14-13(6-26-12)27-18(24)15-7-25-9-29(14)15/h2-7,9,16H,8H2,1H3,(H2,24,27). The van der Waals surface area contributed by atoms with Gasteiger partial charge in [0.15, 0.2) is 0 Å². The third-order valence-corrected chi connectivity index (χ3v) is 5.24. The maximum absolute atomic E-state index is 13.1. The molecule has 4 heterocycles. The van der Waals surface area contributed by atoms with Crippen LogP contribution in [0.2, 0.25) is 0 Å². The molecule has 1 aliphatic heterocycles. The number of anilines is 1. The number of carbonyl (C=O) groups is 1. The number of halogens is 3. The van der Waals surface area contributed by atoms with E-state index in [9.17, 15) is 18.0 Å². The van der Waals surface area contributed by atoms with Crippen molar-refractivity contribution in [1.29, 1.82) is 0 Å². The second-order valence-corrected chi connectivity index (χ2v) is 7.19. The van der Waals surface area contributed by atoms with Gasteiger partial charge in [-0.15, -0.1) is 13.2 Å². The zero-order chi connectivity index (χ0) is 22.6. The fourth-order valence-electron chi connectivity index (χ4n) is 3.71. The highest BCUT2D eigenvalue weighted by atomic mass is 19.4. The first-order valence-corrected chi connectivity index (χ1v) is 9.38. The summed E-state index contributed by atoms with van der Waals surface area (Å²) in [6.45, 7) is 0.0878. The Kier molecular flexibility index (Phi) is 4.32. The zero-order valence-corrected chi connectivity index (χ0v) is 16.5. The van der Waals surface area contributed by atoms with E-state index < -0.39 is 24.1 Å². The highest BCUT2D eigenvalue weighted by molar-refractivity contribution is 5.96. The number of pyridine rings is 1. The summed E-state index contributed by atoms with van der Waals surface area (Å²) in [7, 11) is 1.57. The Morgan fingerprint density at radius 3 is 2.88 bits per heavy atom. The van der Waals surface area contributed by atoms with E-state index in [0.29, 0.717) is 27.9 Å². The van der Waals surface area contributed by atoms with Crippen molar-refractivity contribution in [2.75, 3.05) is 19.4 Å². The molecule has 164 valence electrons. The van der Waals surface area contributed by atoms with Crippen LogP contribution in [0.4, 0.5) is 19.0 Å². The number of alkyl halides is 3. The van der Waals surface area contributed by atoms with E-state index in [2.05, 4.69) is 19.7 Å². The number of rotatable bonds is 3. The Morgan fingerprint density at radius 2 is 2.09 bits per heavy atom. The molecule has 1 unspecified atom stereocenters. The fraction of sp³-hybridized carbons (Fsp3) is 0.200. The quantitative estimate of drug-likeness (QED) is 0.518. The van der Waals surface area contributed by atoms with E-state index in [1.165, 1.54) is 23.2 Å². The second-order valence-electron chi connectivity index (χ2n) is 7.19. The first-order chi connectivity index (χ1) is 15.2. The molecule has 0 bridgehead atoms. The first-order valence-electron chi connectivity index (χ1n) is 9.38. The van der Waals surface area contributed by atoms with Crippen LogP contribution < -0.4 is 15.2 Å². The minimum absolute atomic E-state index is 0.0878. The van der Waals surface area contributed by atoms with Crippen LogP contribution in [0.5, 0.6) is 11.5 Å². The number of carbonyl (C=O) groups excluding carboxylic acids is 1. The van der Waals surface area contributed by atoms with Crippen molar-refractivity contribution in [3.8, 4) is 11.5 Å². The van der Waals surface area contributed by atoms with Crippen molar-refractivity contribution >= 4 is 28.3 Å². The van der Waals surface area contributed by atoms with Crippen molar-refractivity contribution in [3.05, 3.63) is 54.2 Å². The topological polar surface area (TPSA) is 108 Å². The van der Waals surface area contributed by atoms with Crippen LogP contribution >= 0.6 is 0 Å². The van der Waals surface area contributed by atoms with Gasteiger partial charge in [-0.05, 0) is 18.2 Å². The van der Waals surface area contributed by atoms with E-state index in [1.54, 1.807) is 30.0 Å². The van der Waals surface area contributed by atoms with Crippen LogP contribution in [-0.2, 0) is 0 Å². The van der Waals surface area contributed by atoms with Gasteiger partial charge in [-0.3, -0.25) is 9.20 Å². The maximum atomic E-state index is 13.1. The van der Waals surface area contributed by atoms with Crippen molar-refractivity contribution in [2.24, 2.45) is 0 Å². The average Bonchev–Trinajstić information content (AvgIpc) is 3.39. The van der Waals surface area contributed by atoms with Crippen LogP contribution in [0.25, 0.3) is 16.6 Å². The number of imidazole rings is 1. The summed E-state index contributed by atoms with van der Waals surface area (Å²) >= 11 is 0. The molecule has 3 aromatic heterocycles. The minimum Gasteiger partial charge on any atom is -0.491 e. The maximum Gasteiger partial charge on any atom is 0.573 e. The van der Waals surface area contributed by atoms with Gasteiger partial charge in [0.2, 0.25) is 0 Å². The number of nitrogens with zero attached hydrogens (tertiary/aromatic N) is 5. The lowest BCUT2D eigenvalue weighted by Crippen LogP contribution is -2.32. The highest BCUT2D eigenvalue weighted by Gasteiger charge is 2.34. The predicted octanol–water partition coefficient (Wildman–Crippen LogP) is 2.96. The molecule has 0 aliphatic carbocycles. The molecule has 2 N–H and O–H groups in total. The fourth-order valence-corrected chi connectivity index (χ4v) is 3.71. The predicted molar refractivity (Wildman–Crippen MR) is 106 cm³/mol. The Balaban J connectivity index is 1.45. The summed E-state index contributed by atoms with van der Waals surface area (Å²) in [5.41, 5.74) is 8.36. The van der Waals surface area contributed by atoms with Crippen molar-refractivity contribution in [3.63, 3.8) is 0 Å². The summed E-state index contributed by atoms with van der Waals surface area (Å²) in [6, 6.07) is 4.88. The third-order valence-electron chi connectivity index (χ3n) is 5.24. The number of hydrogen-bond donors (Lipinski definition) is 1.